The third-order valence-electron chi connectivity index (χ3n) is 2.24. The quantitative estimate of drug-likeness (QED) is 0.684. The van der Waals surface area contributed by atoms with Gasteiger partial charge in [-0.05, 0) is 39.8 Å². The summed E-state index contributed by atoms with van der Waals surface area (Å²) in [6.45, 7) is 6.75. The average Bonchev–Trinajstić information content (AvgIpc) is 2.26. The number of hydrogen-bond acceptors (Lipinski definition) is 4. The molecule has 0 aliphatic rings. The first-order valence-corrected chi connectivity index (χ1v) is 6.14. The Kier molecular flexibility index (Phi) is 4.52. The van der Waals surface area contributed by atoms with Crippen LogP contribution >= 0.6 is 11.6 Å². The fourth-order valence-electron chi connectivity index (χ4n) is 1.37. The van der Waals surface area contributed by atoms with E-state index in [9.17, 15) is 9.59 Å². The third kappa shape index (κ3) is 4.52. The van der Waals surface area contributed by atoms with Crippen LogP contribution in [0.25, 0.3) is 0 Å². The summed E-state index contributed by atoms with van der Waals surface area (Å²) in [6.07, 6.45) is -0.0980. The molecule has 0 spiro atoms. The molecule has 0 fully saturated rings. The maximum Gasteiger partial charge on any atom is 0.408 e. The summed E-state index contributed by atoms with van der Waals surface area (Å²) < 4.78 is 5.12. The minimum absolute atomic E-state index is 0.247. The highest BCUT2D eigenvalue weighted by Gasteiger charge is 2.32. The van der Waals surface area contributed by atoms with Crippen molar-refractivity contribution in [1.82, 2.24) is 10.3 Å². The molecule has 0 aromatic carbocycles. The molecule has 5 nitrogen and oxygen atoms in total. The van der Waals surface area contributed by atoms with Crippen LogP contribution in [0.5, 0.6) is 0 Å². The summed E-state index contributed by atoms with van der Waals surface area (Å²) in [6, 6.07) is 4.85. The smallest absolute Gasteiger partial charge is 0.408 e. The van der Waals surface area contributed by atoms with Gasteiger partial charge in [-0.1, -0.05) is 17.7 Å². The lowest BCUT2D eigenvalue weighted by atomic mass is 9.99. The van der Waals surface area contributed by atoms with Crippen molar-refractivity contribution in [2.24, 2.45) is 0 Å². The van der Waals surface area contributed by atoms with Crippen molar-refractivity contribution in [1.29, 1.82) is 0 Å². The molecule has 0 aliphatic carbocycles. The maximum absolute atomic E-state index is 11.7. The molecule has 6 heteroatoms. The number of amides is 1. The number of nitrogens with one attached hydrogen (secondary N) is 1. The average molecular weight is 285 g/mol. The van der Waals surface area contributed by atoms with Gasteiger partial charge < -0.3 is 14.8 Å². The van der Waals surface area contributed by atoms with E-state index in [-0.39, 0.29) is 5.15 Å². The zero-order chi connectivity index (χ0) is 14.7. The van der Waals surface area contributed by atoms with Gasteiger partial charge in [0.15, 0.2) is 6.29 Å². The topological polar surface area (TPSA) is 68.3 Å². The van der Waals surface area contributed by atoms with E-state index >= 15 is 0 Å². The van der Waals surface area contributed by atoms with Gasteiger partial charge in [-0.3, -0.25) is 0 Å². The number of halogens is 1. The Morgan fingerprint density at radius 1 is 1.37 bits per heavy atom. The molecule has 0 saturated carbocycles. The Labute approximate surface area is 117 Å². The maximum atomic E-state index is 11.7. The molecule has 1 atom stereocenters. The molecular weight excluding hydrogens is 268 g/mol. The highest BCUT2D eigenvalue weighted by Crippen LogP contribution is 2.19. The van der Waals surface area contributed by atoms with Crippen LogP contribution in [0.1, 0.15) is 33.4 Å². The molecule has 1 amide bonds. The van der Waals surface area contributed by atoms with Crippen LogP contribution in [-0.4, -0.2) is 23.0 Å². The highest BCUT2D eigenvalue weighted by molar-refractivity contribution is 6.29. The fourth-order valence-corrected chi connectivity index (χ4v) is 1.53. The summed E-state index contributed by atoms with van der Waals surface area (Å²) >= 11 is 5.78. The van der Waals surface area contributed by atoms with Gasteiger partial charge in [-0.2, -0.15) is 0 Å². The van der Waals surface area contributed by atoms with Crippen molar-refractivity contribution in [3.8, 4) is 0 Å². The predicted molar refractivity (Wildman–Crippen MR) is 72.0 cm³/mol. The van der Waals surface area contributed by atoms with Gasteiger partial charge >= 0.3 is 6.09 Å². The minimum atomic E-state index is -1.28. The zero-order valence-electron chi connectivity index (χ0n) is 11.4. The van der Waals surface area contributed by atoms with E-state index in [1.54, 1.807) is 39.0 Å². The Balaban J connectivity index is 2.93. The summed E-state index contributed by atoms with van der Waals surface area (Å²) in [7, 11) is 0. The van der Waals surface area contributed by atoms with Crippen LogP contribution in [-0.2, 0) is 15.1 Å². The SMILES string of the molecule is CC(C)(C)OC(=O)NC(C)(C=O)c1cccc(Cl)n1. The number of pyridine rings is 1. The molecule has 0 aliphatic heterocycles. The van der Waals surface area contributed by atoms with Crippen molar-refractivity contribution in [2.45, 2.75) is 38.8 Å². The summed E-state index contributed by atoms with van der Waals surface area (Å²) in [5.74, 6) is 0. The van der Waals surface area contributed by atoms with Crippen LogP contribution in [0.3, 0.4) is 0 Å². The van der Waals surface area contributed by atoms with Crippen molar-refractivity contribution in [3.63, 3.8) is 0 Å². The second kappa shape index (κ2) is 5.57. The Morgan fingerprint density at radius 3 is 2.47 bits per heavy atom. The summed E-state index contributed by atoms with van der Waals surface area (Å²) in [5.41, 5.74) is -1.58. The molecule has 1 unspecified atom stereocenters. The number of hydrogen-bond donors (Lipinski definition) is 1. The van der Waals surface area contributed by atoms with Crippen LogP contribution in [0, 0.1) is 0 Å². The number of rotatable bonds is 3. The largest absolute Gasteiger partial charge is 0.444 e. The summed E-state index contributed by atoms with van der Waals surface area (Å²) in [5, 5.41) is 2.74. The molecule has 104 valence electrons. The number of ether oxygens (including phenoxy) is 1. The van der Waals surface area contributed by atoms with Crippen molar-refractivity contribution in [2.75, 3.05) is 0 Å². The Hall–Kier alpha value is -1.62. The first kappa shape index (κ1) is 15.4. The number of carbonyl (C=O) groups excluding carboxylic acids is 2. The molecule has 0 radical (unpaired) electrons. The number of aldehydes is 1. The van der Waals surface area contributed by atoms with E-state index in [4.69, 9.17) is 16.3 Å². The van der Waals surface area contributed by atoms with E-state index in [1.165, 1.54) is 6.92 Å². The number of nitrogens with zero attached hydrogens (tertiary/aromatic N) is 1. The lowest BCUT2D eigenvalue weighted by molar-refractivity contribution is -0.113. The molecule has 1 rings (SSSR count). The predicted octanol–water partition coefficient (Wildman–Crippen LogP) is 2.67. The van der Waals surface area contributed by atoms with E-state index in [0.29, 0.717) is 12.0 Å². The van der Waals surface area contributed by atoms with E-state index in [0.717, 1.165) is 0 Å². The second-order valence-electron chi connectivity index (χ2n) is 5.29. The van der Waals surface area contributed by atoms with E-state index < -0.39 is 17.2 Å². The minimum Gasteiger partial charge on any atom is -0.444 e. The third-order valence-corrected chi connectivity index (χ3v) is 2.45. The number of aromatic nitrogens is 1. The molecule has 1 heterocycles. The molecule has 1 aromatic rings. The second-order valence-corrected chi connectivity index (χ2v) is 5.68. The fraction of sp³-hybridized carbons (Fsp3) is 0.462. The molecule has 0 bridgehead atoms. The first-order valence-electron chi connectivity index (χ1n) is 5.77. The van der Waals surface area contributed by atoms with Crippen LogP contribution in [0.4, 0.5) is 4.79 Å². The zero-order valence-corrected chi connectivity index (χ0v) is 12.1. The van der Waals surface area contributed by atoms with Gasteiger partial charge in [0, 0.05) is 0 Å². The standard InChI is InChI=1S/C13H17ClN2O3/c1-12(2,3)19-11(18)16-13(4,8-17)9-6-5-7-10(14)15-9/h5-8H,1-4H3,(H,16,18). The van der Waals surface area contributed by atoms with Crippen LogP contribution in [0.15, 0.2) is 18.2 Å². The van der Waals surface area contributed by atoms with Gasteiger partial charge in [0.2, 0.25) is 0 Å². The normalized spacial score (nSPS) is 14.4. The summed E-state index contributed by atoms with van der Waals surface area (Å²) in [4.78, 5) is 27.1. The molecule has 0 saturated heterocycles. The monoisotopic (exact) mass is 284 g/mol. The molecule has 1 aromatic heterocycles. The van der Waals surface area contributed by atoms with E-state index in [1.807, 2.05) is 0 Å². The number of carbonyl (C=O) groups is 2. The van der Waals surface area contributed by atoms with Crippen LogP contribution in [0.2, 0.25) is 5.15 Å². The lowest BCUT2D eigenvalue weighted by Gasteiger charge is -2.27. The lowest BCUT2D eigenvalue weighted by Crippen LogP contribution is -2.47. The Bertz CT molecular complexity index is 485. The molecular formula is C13H17ClN2O3. The van der Waals surface area contributed by atoms with Gasteiger partial charge in [0.1, 0.15) is 16.3 Å². The van der Waals surface area contributed by atoms with Gasteiger partial charge in [-0.15, -0.1) is 0 Å². The van der Waals surface area contributed by atoms with E-state index in [2.05, 4.69) is 10.3 Å². The van der Waals surface area contributed by atoms with Crippen molar-refractivity contribution < 1.29 is 14.3 Å². The highest BCUT2D eigenvalue weighted by atomic mass is 35.5. The van der Waals surface area contributed by atoms with Crippen molar-refractivity contribution >= 4 is 24.0 Å². The number of alkyl carbamates (subject to hydrolysis) is 1. The van der Waals surface area contributed by atoms with Gasteiger partial charge in [0.05, 0.1) is 5.69 Å². The molecule has 1 N–H and O–H groups in total. The van der Waals surface area contributed by atoms with Gasteiger partial charge in [0.25, 0.3) is 0 Å². The van der Waals surface area contributed by atoms with Crippen LogP contribution < -0.4 is 5.32 Å². The first-order chi connectivity index (χ1) is 8.66. The Morgan fingerprint density at radius 2 is 2.00 bits per heavy atom. The van der Waals surface area contributed by atoms with Crippen molar-refractivity contribution in [3.05, 3.63) is 29.0 Å². The van der Waals surface area contributed by atoms with Gasteiger partial charge in [-0.25, -0.2) is 9.78 Å². The molecule has 19 heavy (non-hydrogen) atoms.